The maximum atomic E-state index is 9.63. The molecule has 2 unspecified atom stereocenters. The minimum atomic E-state index is -0.275. The number of rotatable bonds is 1. The summed E-state index contributed by atoms with van der Waals surface area (Å²) in [7, 11) is 2.14. The minimum Gasteiger partial charge on any atom is -0.389 e. The van der Waals surface area contributed by atoms with Gasteiger partial charge in [0.2, 0.25) is 0 Å². The third kappa shape index (κ3) is 2.02. The molecule has 0 radical (unpaired) electrons. The first-order valence-electron chi connectivity index (χ1n) is 4.96. The Labute approximate surface area is 79.1 Å². The third-order valence-corrected chi connectivity index (χ3v) is 3.03. The van der Waals surface area contributed by atoms with E-state index in [1.165, 1.54) is 0 Å². The normalized spacial score (nSPS) is 38.3. The van der Waals surface area contributed by atoms with Gasteiger partial charge in [-0.2, -0.15) is 0 Å². The van der Waals surface area contributed by atoms with E-state index in [9.17, 15) is 5.11 Å². The van der Waals surface area contributed by atoms with Crippen LogP contribution in [0.3, 0.4) is 0 Å². The van der Waals surface area contributed by atoms with Crippen LogP contribution in [-0.4, -0.2) is 73.5 Å². The van der Waals surface area contributed by atoms with Crippen LogP contribution in [0.15, 0.2) is 0 Å². The lowest BCUT2D eigenvalue weighted by Gasteiger charge is -2.36. The lowest BCUT2D eigenvalue weighted by Crippen LogP contribution is -2.52. The highest BCUT2D eigenvalue weighted by Gasteiger charge is 2.32. The highest BCUT2D eigenvalue weighted by atomic mass is 16.5. The van der Waals surface area contributed by atoms with Gasteiger partial charge in [-0.05, 0) is 7.05 Å². The number of nitrogens with zero attached hydrogens (tertiary/aromatic N) is 2. The molecule has 76 valence electrons. The summed E-state index contributed by atoms with van der Waals surface area (Å²) < 4.78 is 5.24. The van der Waals surface area contributed by atoms with Gasteiger partial charge in [0.05, 0.1) is 25.4 Å². The number of likely N-dealkylation sites (N-methyl/N-ethyl adjacent to an activating group) is 1. The van der Waals surface area contributed by atoms with Crippen LogP contribution < -0.4 is 0 Å². The first-order chi connectivity index (χ1) is 6.27. The molecule has 0 aliphatic carbocycles. The fraction of sp³-hybridized carbons (Fsp3) is 1.00. The van der Waals surface area contributed by atoms with Gasteiger partial charge in [0, 0.05) is 26.2 Å². The second kappa shape index (κ2) is 3.92. The zero-order chi connectivity index (χ0) is 9.26. The molecule has 4 nitrogen and oxygen atoms in total. The predicted octanol–water partition coefficient (Wildman–Crippen LogP) is -1.01. The molecule has 1 N–H and O–H groups in total. The highest BCUT2D eigenvalue weighted by molar-refractivity contribution is 4.85. The SMILES string of the molecule is CN1CCN(C2COCC2O)CC1. The molecular weight excluding hydrogens is 168 g/mol. The second-order valence-corrected chi connectivity index (χ2v) is 4.01. The molecule has 0 saturated carbocycles. The summed E-state index contributed by atoms with van der Waals surface area (Å²) in [5.41, 5.74) is 0. The van der Waals surface area contributed by atoms with Crippen molar-refractivity contribution in [3.05, 3.63) is 0 Å². The lowest BCUT2D eigenvalue weighted by molar-refractivity contribution is 0.0512. The maximum absolute atomic E-state index is 9.63. The van der Waals surface area contributed by atoms with Gasteiger partial charge >= 0.3 is 0 Å². The van der Waals surface area contributed by atoms with Crippen LogP contribution in [0.1, 0.15) is 0 Å². The Morgan fingerprint density at radius 1 is 1.15 bits per heavy atom. The first-order valence-corrected chi connectivity index (χ1v) is 4.96. The highest BCUT2D eigenvalue weighted by Crippen LogP contribution is 2.14. The first kappa shape index (κ1) is 9.40. The molecule has 0 aromatic rings. The molecule has 2 rings (SSSR count). The van der Waals surface area contributed by atoms with Gasteiger partial charge in [-0.25, -0.2) is 0 Å². The van der Waals surface area contributed by atoms with Gasteiger partial charge < -0.3 is 14.7 Å². The van der Waals surface area contributed by atoms with E-state index in [1.54, 1.807) is 0 Å². The molecule has 2 saturated heterocycles. The largest absolute Gasteiger partial charge is 0.389 e. The van der Waals surface area contributed by atoms with Crippen LogP contribution in [0.5, 0.6) is 0 Å². The Kier molecular flexibility index (Phi) is 2.83. The standard InChI is InChI=1S/C9H18N2O2/c1-10-2-4-11(5-3-10)8-6-13-7-9(8)12/h8-9,12H,2-7H2,1H3. The van der Waals surface area contributed by atoms with E-state index in [4.69, 9.17) is 4.74 Å². The Bertz CT molecular complexity index is 169. The van der Waals surface area contributed by atoms with Crippen molar-refractivity contribution in [1.29, 1.82) is 0 Å². The Hall–Kier alpha value is -0.160. The van der Waals surface area contributed by atoms with Gasteiger partial charge in [-0.1, -0.05) is 0 Å². The molecule has 13 heavy (non-hydrogen) atoms. The number of hydrogen-bond acceptors (Lipinski definition) is 4. The summed E-state index contributed by atoms with van der Waals surface area (Å²) >= 11 is 0. The topological polar surface area (TPSA) is 35.9 Å². The van der Waals surface area contributed by atoms with Gasteiger partial charge in [-0.3, -0.25) is 4.90 Å². The fourth-order valence-electron chi connectivity index (χ4n) is 2.03. The maximum Gasteiger partial charge on any atom is 0.0950 e. The summed E-state index contributed by atoms with van der Waals surface area (Å²) in [4.78, 5) is 4.66. The average Bonchev–Trinajstić information content (AvgIpc) is 2.53. The molecular formula is C9H18N2O2. The van der Waals surface area contributed by atoms with E-state index < -0.39 is 0 Å². The van der Waals surface area contributed by atoms with E-state index in [1.807, 2.05) is 0 Å². The summed E-state index contributed by atoms with van der Waals surface area (Å²) in [6, 6.07) is 0.244. The van der Waals surface area contributed by atoms with Crippen molar-refractivity contribution in [2.45, 2.75) is 12.1 Å². The van der Waals surface area contributed by atoms with Crippen LogP contribution >= 0.6 is 0 Å². The number of aliphatic hydroxyl groups excluding tert-OH is 1. The summed E-state index contributed by atoms with van der Waals surface area (Å²) in [6.45, 7) is 5.53. The van der Waals surface area contributed by atoms with E-state index in [2.05, 4.69) is 16.8 Å². The summed E-state index contributed by atoms with van der Waals surface area (Å²) in [5.74, 6) is 0. The van der Waals surface area contributed by atoms with Crippen LogP contribution in [0.2, 0.25) is 0 Å². The van der Waals surface area contributed by atoms with E-state index >= 15 is 0 Å². The Balaban J connectivity index is 1.86. The van der Waals surface area contributed by atoms with Gasteiger partial charge in [0.15, 0.2) is 0 Å². The van der Waals surface area contributed by atoms with Crippen molar-refractivity contribution in [2.75, 3.05) is 46.4 Å². The molecule has 2 fully saturated rings. The molecule has 0 spiro atoms. The van der Waals surface area contributed by atoms with Crippen LogP contribution in [0.25, 0.3) is 0 Å². The summed E-state index contributed by atoms with van der Waals surface area (Å²) in [6.07, 6.45) is -0.275. The zero-order valence-corrected chi connectivity index (χ0v) is 8.15. The second-order valence-electron chi connectivity index (χ2n) is 4.01. The zero-order valence-electron chi connectivity index (χ0n) is 8.15. The molecule has 4 heteroatoms. The van der Waals surface area contributed by atoms with Crippen molar-refractivity contribution < 1.29 is 9.84 Å². The fourth-order valence-corrected chi connectivity index (χ4v) is 2.03. The van der Waals surface area contributed by atoms with Crippen LogP contribution in [-0.2, 0) is 4.74 Å². The van der Waals surface area contributed by atoms with Gasteiger partial charge in [0.25, 0.3) is 0 Å². The number of piperazine rings is 1. The number of ether oxygens (including phenoxy) is 1. The molecule has 2 atom stereocenters. The van der Waals surface area contributed by atoms with E-state index in [0.29, 0.717) is 13.2 Å². The lowest BCUT2D eigenvalue weighted by atomic mass is 10.1. The van der Waals surface area contributed by atoms with Gasteiger partial charge in [0.1, 0.15) is 0 Å². The Morgan fingerprint density at radius 3 is 2.38 bits per heavy atom. The van der Waals surface area contributed by atoms with Crippen molar-refractivity contribution in [2.24, 2.45) is 0 Å². The van der Waals surface area contributed by atoms with Crippen LogP contribution in [0.4, 0.5) is 0 Å². The van der Waals surface area contributed by atoms with Crippen molar-refractivity contribution in [3.63, 3.8) is 0 Å². The molecule has 0 bridgehead atoms. The Morgan fingerprint density at radius 2 is 1.85 bits per heavy atom. The quantitative estimate of drug-likeness (QED) is 0.569. The summed E-state index contributed by atoms with van der Waals surface area (Å²) in [5, 5.41) is 9.63. The predicted molar refractivity (Wildman–Crippen MR) is 49.7 cm³/mol. The van der Waals surface area contributed by atoms with Crippen molar-refractivity contribution in [1.82, 2.24) is 9.80 Å². The van der Waals surface area contributed by atoms with Crippen LogP contribution in [0, 0.1) is 0 Å². The molecule has 0 amide bonds. The van der Waals surface area contributed by atoms with Crippen molar-refractivity contribution >= 4 is 0 Å². The van der Waals surface area contributed by atoms with Crippen molar-refractivity contribution in [3.8, 4) is 0 Å². The average molecular weight is 186 g/mol. The third-order valence-electron chi connectivity index (χ3n) is 3.03. The number of hydrogen-bond donors (Lipinski definition) is 1. The smallest absolute Gasteiger partial charge is 0.0950 e. The minimum absolute atomic E-state index is 0.244. The van der Waals surface area contributed by atoms with E-state index in [-0.39, 0.29) is 12.1 Å². The molecule has 0 aromatic carbocycles. The van der Waals surface area contributed by atoms with Gasteiger partial charge in [-0.15, -0.1) is 0 Å². The van der Waals surface area contributed by atoms with E-state index in [0.717, 1.165) is 26.2 Å². The number of aliphatic hydroxyl groups is 1. The molecule has 2 heterocycles. The molecule has 2 aliphatic rings. The molecule has 2 aliphatic heterocycles. The molecule has 0 aromatic heterocycles. The monoisotopic (exact) mass is 186 g/mol.